The standard InChI is InChI=1S/C9H10N2O2/c1-5-3-8(12)11-9(13)7(4-10)6(5)2/h3,5,12H,1-2H3,(H,11,13). The molecule has 0 fully saturated rings. The highest BCUT2D eigenvalue weighted by molar-refractivity contribution is 5.99. The Morgan fingerprint density at radius 1 is 1.69 bits per heavy atom. The van der Waals surface area contributed by atoms with E-state index in [0.29, 0.717) is 5.57 Å². The van der Waals surface area contributed by atoms with Crippen molar-refractivity contribution in [3.63, 3.8) is 0 Å². The average molecular weight is 178 g/mol. The van der Waals surface area contributed by atoms with Crippen LogP contribution < -0.4 is 5.32 Å². The normalized spacial score (nSPS) is 23.0. The van der Waals surface area contributed by atoms with E-state index in [9.17, 15) is 4.79 Å². The number of aliphatic hydroxyl groups excluding tert-OH is 1. The lowest BCUT2D eigenvalue weighted by Crippen LogP contribution is -2.22. The van der Waals surface area contributed by atoms with Crippen molar-refractivity contribution < 1.29 is 9.90 Å². The van der Waals surface area contributed by atoms with Crippen LogP contribution in [0.4, 0.5) is 0 Å². The molecule has 0 saturated heterocycles. The number of nitriles is 1. The molecule has 0 saturated carbocycles. The lowest BCUT2D eigenvalue weighted by atomic mass is 9.98. The fourth-order valence-corrected chi connectivity index (χ4v) is 1.13. The predicted octanol–water partition coefficient (Wildman–Crippen LogP) is 0.992. The van der Waals surface area contributed by atoms with Crippen LogP contribution in [0, 0.1) is 17.2 Å². The van der Waals surface area contributed by atoms with Gasteiger partial charge in [-0.3, -0.25) is 10.1 Å². The van der Waals surface area contributed by atoms with Gasteiger partial charge in [-0.2, -0.15) is 5.26 Å². The third-order valence-corrected chi connectivity index (χ3v) is 2.07. The molecule has 0 radical (unpaired) electrons. The minimum atomic E-state index is -0.543. The Morgan fingerprint density at radius 2 is 2.31 bits per heavy atom. The number of aliphatic hydroxyl groups is 1. The van der Waals surface area contributed by atoms with E-state index < -0.39 is 5.91 Å². The second kappa shape index (κ2) is 3.31. The summed E-state index contributed by atoms with van der Waals surface area (Å²) in [6.07, 6.45) is 1.50. The highest BCUT2D eigenvalue weighted by Crippen LogP contribution is 2.19. The van der Waals surface area contributed by atoms with Gasteiger partial charge in [0.15, 0.2) is 5.88 Å². The molecule has 0 aromatic carbocycles. The van der Waals surface area contributed by atoms with Gasteiger partial charge >= 0.3 is 0 Å². The molecule has 1 aliphatic heterocycles. The first-order valence-corrected chi connectivity index (χ1v) is 3.89. The van der Waals surface area contributed by atoms with Crippen molar-refractivity contribution >= 4 is 5.91 Å². The molecule has 0 spiro atoms. The van der Waals surface area contributed by atoms with Crippen molar-refractivity contribution in [3.8, 4) is 6.07 Å². The van der Waals surface area contributed by atoms with Crippen LogP contribution in [0.15, 0.2) is 23.1 Å². The predicted molar refractivity (Wildman–Crippen MR) is 46.3 cm³/mol. The maximum Gasteiger partial charge on any atom is 0.268 e. The Bertz CT molecular complexity index is 347. The first-order valence-electron chi connectivity index (χ1n) is 3.89. The van der Waals surface area contributed by atoms with Gasteiger partial charge in [-0.15, -0.1) is 0 Å². The third-order valence-electron chi connectivity index (χ3n) is 2.07. The topological polar surface area (TPSA) is 73.1 Å². The molecular formula is C9H10N2O2. The first-order chi connectivity index (χ1) is 6.06. The molecular weight excluding hydrogens is 168 g/mol. The van der Waals surface area contributed by atoms with Gasteiger partial charge < -0.3 is 5.11 Å². The molecule has 0 aromatic rings. The zero-order valence-corrected chi connectivity index (χ0v) is 7.46. The quantitative estimate of drug-likeness (QED) is 0.581. The molecule has 68 valence electrons. The van der Waals surface area contributed by atoms with Gasteiger partial charge in [0.1, 0.15) is 11.6 Å². The van der Waals surface area contributed by atoms with Gasteiger partial charge in [0.2, 0.25) is 0 Å². The first kappa shape index (κ1) is 9.33. The molecule has 0 aliphatic carbocycles. The van der Waals surface area contributed by atoms with Crippen LogP contribution in [-0.2, 0) is 4.79 Å². The molecule has 1 atom stereocenters. The monoisotopic (exact) mass is 178 g/mol. The maximum atomic E-state index is 11.2. The number of carbonyl (C=O) groups is 1. The van der Waals surface area contributed by atoms with Gasteiger partial charge in [0, 0.05) is 5.92 Å². The molecule has 2 N–H and O–H groups in total. The lowest BCUT2D eigenvalue weighted by molar-refractivity contribution is -0.117. The number of hydrogen-bond acceptors (Lipinski definition) is 3. The summed E-state index contributed by atoms with van der Waals surface area (Å²) in [5.41, 5.74) is 0.747. The third kappa shape index (κ3) is 1.70. The smallest absolute Gasteiger partial charge is 0.268 e. The summed E-state index contributed by atoms with van der Waals surface area (Å²) in [6, 6.07) is 1.82. The number of nitrogens with zero attached hydrogens (tertiary/aromatic N) is 1. The summed E-state index contributed by atoms with van der Waals surface area (Å²) in [6.45, 7) is 3.51. The van der Waals surface area contributed by atoms with Crippen LogP contribution in [-0.4, -0.2) is 11.0 Å². The van der Waals surface area contributed by atoms with Crippen LogP contribution in [0.2, 0.25) is 0 Å². The molecule has 0 bridgehead atoms. The number of carbonyl (C=O) groups excluding carboxylic acids is 1. The summed E-state index contributed by atoms with van der Waals surface area (Å²) >= 11 is 0. The van der Waals surface area contributed by atoms with E-state index >= 15 is 0 Å². The average Bonchev–Trinajstić information content (AvgIpc) is 2.11. The fourth-order valence-electron chi connectivity index (χ4n) is 1.13. The Balaban J connectivity index is 3.18. The number of amides is 1. The molecule has 1 aliphatic rings. The molecule has 0 aromatic heterocycles. The van der Waals surface area contributed by atoms with Gasteiger partial charge in [0.05, 0.1) is 0 Å². The van der Waals surface area contributed by atoms with Crippen molar-refractivity contribution in [3.05, 3.63) is 23.1 Å². The van der Waals surface area contributed by atoms with Crippen molar-refractivity contribution in [2.24, 2.45) is 5.92 Å². The number of nitrogens with one attached hydrogen (secondary N) is 1. The SMILES string of the molecule is CC1=C(C#N)C(=O)NC(O)=CC1C. The minimum Gasteiger partial charge on any atom is -0.495 e. The Labute approximate surface area is 76.2 Å². The van der Waals surface area contributed by atoms with Crippen LogP contribution >= 0.6 is 0 Å². The summed E-state index contributed by atoms with van der Waals surface area (Å²) in [7, 11) is 0. The van der Waals surface area contributed by atoms with E-state index in [0.717, 1.165) is 0 Å². The van der Waals surface area contributed by atoms with Crippen LogP contribution in [0.5, 0.6) is 0 Å². The summed E-state index contributed by atoms with van der Waals surface area (Å²) in [5.74, 6) is -0.839. The van der Waals surface area contributed by atoms with Gasteiger partial charge in [0.25, 0.3) is 5.91 Å². The zero-order chi connectivity index (χ0) is 10.0. The van der Waals surface area contributed by atoms with E-state index in [2.05, 4.69) is 5.32 Å². The highest BCUT2D eigenvalue weighted by Gasteiger charge is 2.20. The van der Waals surface area contributed by atoms with Gasteiger partial charge in [-0.05, 0) is 18.6 Å². The van der Waals surface area contributed by atoms with E-state index in [-0.39, 0.29) is 17.4 Å². The molecule has 1 amide bonds. The maximum absolute atomic E-state index is 11.2. The fraction of sp³-hybridized carbons (Fsp3) is 0.333. The van der Waals surface area contributed by atoms with Crippen molar-refractivity contribution in [1.82, 2.24) is 5.32 Å². The van der Waals surface area contributed by atoms with Crippen LogP contribution in [0.3, 0.4) is 0 Å². The highest BCUT2D eigenvalue weighted by atomic mass is 16.3. The molecule has 4 nitrogen and oxygen atoms in total. The summed E-state index contributed by atoms with van der Waals surface area (Å²) < 4.78 is 0. The lowest BCUT2D eigenvalue weighted by Gasteiger charge is -2.04. The van der Waals surface area contributed by atoms with E-state index in [4.69, 9.17) is 10.4 Å². The van der Waals surface area contributed by atoms with Crippen LogP contribution in [0.1, 0.15) is 13.8 Å². The molecule has 13 heavy (non-hydrogen) atoms. The number of hydrogen-bond donors (Lipinski definition) is 2. The Kier molecular flexibility index (Phi) is 2.38. The number of rotatable bonds is 0. The summed E-state index contributed by atoms with van der Waals surface area (Å²) in [4.78, 5) is 11.2. The van der Waals surface area contributed by atoms with Crippen molar-refractivity contribution in [2.45, 2.75) is 13.8 Å². The Hall–Kier alpha value is -1.76. The molecule has 1 unspecified atom stereocenters. The summed E-state index contributed by atoms with van der Waals surface area (Å²) in [5, 5.41) is 20.0. The second-order valence-electron chi connectivity index (χ2n) is 2.96. The minimum absolute atomic E-state index is 0.0767. The van der Waals surface area contributed by atoms with E-state index in [1.54, 1.807) is 6.92 Å². The largest absolute Gasteiger partial charge is 0.495 e. The van der Waals surface area contributed by atoms with Gasteiger partial charge in [-0.1, -0.05) is 6.92 Å². The number of allylic oxidation sites excluding steroid dienone is 2. The zero-order valence-electron chi connectivity index (χ0n) is 7.46. The molecule has 1 heterocycles. The second-order valence-corrected chi connectivity index (χ2v) is 2.96. The molecule has 1 rings (SSSR count). The van der Waals surface area contributed by atoms with Gasteiger partial charge in [-0.25, -0.2) is 0 Å². The Morgan fingerprint density at radius 3 is 2.85 bits per heavy atom. The van der Waals surface area contributed by atoms with Crippen molar-refractivity contribution in [1.29, 1.82) is 5.26 Å². The van der Waals surface area contributed by atoms with Crippen LogP contribution in [0.25, 0.3) is 0 Å². The molecule has 4 heteroatoms. The van der Waals surface area contributed by atoms with E-state index in [1.165, 1.54) is 6.08 Å². The van der Waals surface area contributed by atoms with E-state index in [1.807, 2.05) is 13.0 Å². The van der Waals surface area contributed by atoms with Crippen molar-refractivity contribution in [2.75, 3.05) is 0 Å².